The van der Waals surface area contributed by atoms with Crippen molar-refractivity contribution in [3.63, 3.8) is 0 Å². The summed E-state index contributed by atoms with van der Waals surface area (Å²) in [5.74, 6) is -3.08. The fraction of sp³-hybridized carbons (Fsp3) is 0.350. The normalized spacial score (nSPS) is 24.5. The van der Waals surface area contributed by atoms with Crippen LogP contribution in [0.4, 0.5) is 14.5 Å². The van der Waals surface area contributed by atoms with Crippen LogP contribution < -0.4 is 10.6 Å². The molecule has 2 atom stereocenters. The summed E-state index contributed by atoms with van der Waals surface area (Å²) < 4.78 is 54.0. The first-order chi connectivity index (χ1) is 14.5. The van der Waals surface area contributed by atoms with Gasteiger partial charge in [-0.15, -0.1) is 0 Å². The molecule has 0 radical (unpaired) electrons. The number of benzene rings is 1. The summed E-state index contributed by atoms with van der Waals surface area (Å²) in [7, 11) is -2.42. The zero-order chi connectivity index (χ0) is 22.6. The molecule has 0 bridgehead atoms. The maximum Gasteiger partial charge on any atom is 0.277 e. The van der Waals surface area contributed by atoms with E-state index in [9.17, 15) is 22.0 Å². The van der Waals surface area contributed by atoms with Crippen molar-refractivity contribution in [3.05, 3.63) is 58.9 Å². The molecule has 164 valence electrons. The highest BCUT2D eigenvalue weighted by Crippen LogP contribution is 2.42. The molecule has 2 heterocycles. The molecule has 0 saturated carbocycles. The topological polar surface area (TPSA) is 115 Å². The van der Waals surface area contributed by atoms with Crippen molar-refractivity contribution in [2.75, 3.05) is 12.4 Å². The Labute approximate surface area is 178 Å². The maximum atomic E-state index is 13.9. The summed E-state index contributed by atoms with van der Waals surface area (Å²) in [5, 5.41) is 12.9. The number of sulfonamides is 1. The zero-order valence-electron chi connectivity index (χ0n) is 16.9. The number of nitrogens with zero attached hydrogens (tertiary/aromatic N) is 2. The van der Waals surface area contributed by atoms with Gasteiger partial charge in [0.15, 0.2) is 11.5 Å². The zero-order valence-corrected chi connectivity index (χ0v) is 17.7. The van der Waals surface area contributed by atoms with Crippen molar-refractivity contribution >= 4 is 27.6 Å². The van der Waals surface area contributed by atoms with E-state index in [2.05, 4.69) is 15.6 Å². The van der Waals surface area contributed by atoms with Gasteiger partial charge >= 0.3 is 0 Å². The second-order valence-electron chi connectivity index (χ2n) is 7.88. The first kappa shape index (κ1) is 21.2. The molecule has 3 N–H and O–H groups in total. The Hall–Kier alpha value is -3.08. The van der Waals surface area contributed by atoms with E-state index in [4.69, 9.17) is 5.41 Å². The van der Waals surface area contributed by atoms with Crippen LogP contribution in [0, 0.1) is 17.0 Å². The minimum Gasteiger partial charge on any atom is -0.345 e. The number of carbonyl (C=O) groups is 1. The van der Waals surface area contributed by atoms with Crippen molar-refractivity contribution in [2.24, 2.45) is 0 Å². The first-order valence-electron chi connectivity index (χ1n) is 9.64. The van der Waals surface area contributed by atoms with Crippen LogP contribution in [0.1, 0.15) is 41.4 Å². The van der Waals surface area contributed by atoms with Crippen LogP contribution in [-0.2, 0) is 22.0 Å². The number of nitrogens with one attached hydrogen (secondary N) is 3. The third-order valence-corrected chi connectivity index (χ3v) is 8.31. The summed E-state index contributed by atoms with van der Waals surface area (Å²) in [6.07, 6.45) is 2.44. The number of guanidine groups is 1. The second kappa shape index (κ2) is 7.26. The Morgan fingerprint density at radius 3 is 2.81 bits per heavy atom. The molecule has 1 saturated heterocycles. The van der Waals surface area contributed by atoms with Gasteiger partial charge in [-0.3, -0.25) is 10.2 Å². The standard InChI is InChI=1S/C20H21F2N5O3S/c1-20-14-9-13(25-18(28)17-15(22)8-12(21)10-24-17)7-6-11(14)4-3-5-16(20)31(29,30)27(2)19(23)26-20/h6-10,16H,3-5H2,1-2H3,(H2,23,26)(H,25,28)/t16?,20-/m1/s1. The Kier molecular flexibility index (Phi) is 4.95. The van der Waals surface area contributed by atoms with Gasteiger partial charge in [-0.05, 0) is 49.4 Å². The molecule has 2 aliphatic rings. The molecule has 2 aromatic rings. The number of carbonyl (C=O) groups excluding carboxylic acids is 1. The molecule has 11 heteroatoms. The van der Waals surface area contributed by atoms with Gasteiger partial charge in [0.25, 0.3) is 5.91 Å². The molecule has 1 aromatic carbocycles. The van der Waals surface area contributed by atoms with Gasteiger partial charge in [0.05, 0.1) is 11.7 Å². The van der Waals surface area contributed by atoms with E-state index in [0.717, 1.165) is 16.1 Å². The number of pyridine rings is 1. The smallest absolute Gasteiger partial charge is 0.277 e. The van der Waals surface area contributed by atoms with E-state index in [0.29, 0.717) is 36.6 Å². The SMILES string of the molecule is CN1C(=N)N[C@]2(C)c3cc(NC(=O)c4ncc(F)cc4F)ccc3CCCC2S1(=O)=O. The van der Waals surface area contributed by atoms with E-state index in [1.54, 1.807) is 25.1 Å². The van der Waals surface area contributed by atoms with Gasteiger partial charge < -0.3 is 10.6 Å². The summed E-state index contributed by atoms with van der Waals surface area (Å²) in [6.45, 7) is 1.73. The van der Waals surface area contributed by atoms with Crippen molar-refractivity contribution in [1.82, 2.24) is 14.6 Å². The molecule has 4 rings (SSSR count). The number of hydrogen-bond acceptors (Lipinski definition) is 5. The molecule has 0 spiro atoms. The van der Waals surface area contributed by atoms with Crippen LogP contribution in [-0.4, -0.2) is 41.9 Å². The van der Waals surface area contributed by atoms with Crippen LogP contribution in [0.25, 0.3) is 0 Å². The van der Waals surface area contributed by atoms with Gasteiger partial charge in [-0.25, -0.2) is 26.5 Å². The quantitative estimate of drug-likeness (QED) is 0.651. The minimum atomic E-state index is -3.76. The third-order valence-electron chi connectivity index (χ3n) is 5.94. The summed E-state index contributed by atoms with van der Waals surface area (Å²) in [4.78, 5) is 16.0. The lowest BCUT2D eigenvalue weighted by molar-refractivity contribution is 0.101. The van der Waals surface area contributed by atoms with Gasteiger partial charge in [0, 0.05) is 18.8 Å². The summed E-state index contributed by atoms with van der Waals surface area (Å²) in [5.41, 5.74) is 0.202. The number of halogens is 2. The molecular weight excluding hydrogens is 428 g/mol. The Morgan fingerprint density at radius 1 is 1.35 bits per heavy atom. The highest BCUT2D eigenvalue weighted by Gasteiger charge is 2.52. The first-order valence-corrected chi connectivity index (χ1v) is 11.1. The van der Waals surface area contributed by atoms with E-state index < -0.39 is 44.0 Å². The van der Waals surface area contributed by atoms with Crippen LogP contribution >= 0.6 is 0 Å². The Bertz CT molecular complexity index is 1200. The highest BCUT2D eigenvalue weighted by atomic mass is 32.2. The van der Waals surface area contributed by atoms with E-state index >= 15 is 0 Å². The lowest BCUT2D eigenvalue weighted by atomic mass is 9.85. The van der Waals surface area contributed by atoms with E-state index in [1.165, 1.54) is 7.05 Å². The molecule has 1 amide bonds. The molecular formula is C20H21F2N5O3S. The van der Waals surface area contributed by atoms with Gasteiger partial charge in [0.1, 0.15) is 11.1 Å². The van der Waals surface area contributed by atoms with Crippen LogP contribution in [0.3, 0.4) is 0 Å². The third kappa shape index (κ3) is 3.42. The van der Waals surface area contributed by atoms with Crippen LogP contribution in [0.15, 0.2) is 30.5 Å². The van der Waals surface area contributed by atoms with E-state index in [-0.39, 0.29) is 5.96 Å². The number of fused-ring (bicyclic) bond motifs is 3. The number of amides is 1. The Morgan fingerprint density at radius 2 is 2.10 bits per heavy atom. The summed E-state index contributed by atoms with van der Waals surface area (Å²) >= 11 is 0. The van der Waals surface area contributed by atoms with Crippen molar-refractivity contribution in [1.29, 1.82) is 5.41 Å². The van der Waals surface area contributed by atoms with Crippen molar-refractivity contribution in [3.8, 4) is 0 Å². The molecule has 1 unspecified atom stereocenters. The predicted molar refractivity (Wildman–Crippen MR) is 110 cm³/mol. The van der Waals surface area contributed by atoms with Crippen LogP contribution in [0.5, 0.6) is 0 Å². The number of anilines is 1. The van der Waals surface area contributed by atoms with Gasteiger partial charge in [-0.2, -0.15) is 0 Å². The average Bonchev–Trinajstić information content (AvgIpc) is 2.83. The predicted octanol–water partition coefficient (Wildman–Crippen LogP) is 2.33. The van der Waals surface area contributed by atoms with Crippen LogP contribution in [0.2, 0.25) is 0 Å². The largest absolute Gasteiger partial charge is 0.345 e. The van der Waals surface area contributed by atoms with Crippen molar-refractivity contribution < 1.29 is 22.0 Å². The second-order valence-corrected chi connectivity index (χ2v) is 10.0. The molecule has 1 aromatic heterocycles. The average molecular weight is 449 g/mol. The number of hydrogen-bond donors (Lipinski definition) is 3. The monoisotopic (exact) mass is 449 g/mol. The fourth-order valence-corrected chi connectivity index (χ4v) is 6.23. The van der Waals surface area contributed by atoms with Crippen molar-refractivity contribution in [2.45, 2.75) is 37.0 Å². The summed E-state index contributed by atoms with van der Waals surface area (Å²) in [6, 6.07) is 5.62. The van der Waals surface area contributed by atoms with E-state index in [1.807, 2.05) is 0 Å². The lowest BCUT2D eigenvalue weighted by Crippen LogP contribution is -2.65. The van der Waals surface area contributed by atoms with Gasteiger partial charge in [-0.1, -0.05) is 6.07 Å². The molecule has 1 aliphatic carbocycles. The highest BCUT2D eigenvalue weighted by molar-refractivity contribution is 7.90. The molecule has 31 heavy (non-hydrogen) atoms. The van der Waals surface area contributed by atoms with Gasteiger partial charge in [0.2, 0.25) is 16.0 Å². The number of aryl methyl sites for hydroxylation is 1. The fourth-order valence-electron chi connectivity index (χ4n) is 4.31. The minimum absolute atomic E-state index is 0.237. The number of rotatable bonds is 2. The molecule has 1 aliphatic heterocycles. The Balaban J connectivity index is 1.74. The molecule has 1 fully saturated rings. The number of aromatic nitrogens is 1. The lowest BCUT2D eigenvalue weighted by Gasteiger charge is -2.46. The maximum absolute atomic E-state index is 13.9. The molecule has 8 nitrogen and oxygen atoms in total.